The lowest BCUT2D eigenvalue weighted by molar-refractivity contribution is -0.129. The number of aryl methyl sites for hydroxylation is 1. The lowest BCUT2D eigenvalue weighted by Crippen LogP contribution is -2.40. The van der Waals surface area contributed by atoms with Crippen LogP contribution in [0.25, 0.3) is 0 Å². The fourth-order valence-corrected chi connectivity index (χ4v) is 3.29. The van der Waals surface area contributed by atoms with Gasteiger partial charge in [-0.25, -0.2) is 4.79 Å². The molecule has 2 aliphatic rings. The van der Waals surface area contributed by atoms with Crippen LogP contribution in [-0.4, -0.2) is 58.7 Å². The van der Waals surface area contributed by atoms with Gasteiger partial charge in [-0.05, 0) is 43.4 Å². The summed E-state index contributed by atoms with van der Waals surface area (Å²) in [5.74, 6) is 0.480. The maximum atomic E-state index is 12.3. The minimum Gasteiger partial charge on any atom is -0.491 e. The van der Waals surface area contributed by atoms with E-state index < -0.39 is 6.10 Å². The molecule has 6 nitrogen and oxygen atoms in total. The van der Waals surface area contributed by atoms with Crippen LogP contribution in [0.3, 0.4) is 0 Å². The number of fused-ring (bicyclic) bond motifs is 1. The number of ether oxygens (including phenoxy) is 1. The number of β-amino-alcohol motifs (C(OH)–C–C–N with tert-alkyl or cyclic N) is 1. The first-order valence-corrected chi connectivity index (χ1v) is 8.62. The van der Waals surface area contributed by atoms with E-state index in [0.29, 0.717) is 12.3 Å². The molecule has 3 amide bonds. The average Bonchev–Trinajstić information content (AvgIpc) is 2.86. The third-order valence-corrected chi connectivity index (χ3v) is 4.70. The molecule has 1 N–H and O–H groups in total. The molecule has 2 fully saturated rings. The number of aliphatic hydroxyl groups excluding tert-OH is 1. The zero-order valence-corrected chi connectivity index (χ0v) is 14.0. The Bertz CT molecular complexity index is 578. The molecule has 0 aliphatic carbocycles. The quantitative estimate of drug-likeness (QED) is 0.807. The zero-order valence-electron chi connectivity index (χ0n) is 14.0. The summed E-state index contributed by atoms with van der Waals surface area (Å²) in [6.07, 6.45) is 2.68. The second-order valence-corrected chi connectivity index (χ2v) is 6.40. The van der Waals surface area contributed by atoms with Crippen molar-refractivity contribution in [2.75, 3.05) is 19.7 Å². The number of urea groups is 1. The van der Waals surface area contributed by atoms with Gasteiger partial charge in [0.25, 0.3) is 5.91 Å². The summed E-state index contributed by atoms with van der Waals surface area (Å²) in [5.41, 5.74) is 1.22. The molecule has 2 atom stereocenters. The molecule has 2 heterocycles. The van der Waals surface area contributed by atoms with E-state index in [9.17, 15) is 14.7 Å². The highest BCUT2D eigenvalue weighted by Crippen LogP contribution is 2.26. The second kappa shape index (κ2) is 7.21. The number of nitrogens with zero attached hydrogens (tertiary/aromatic N) is 2. The molecule has 3 rings (SSSR count). The molecule has 0 bridgehead atoms. The molecule has 0 saturated carbocycles. The Hall–Kier alpha value is -2.08. The molecular weight excluding hydrogens is 308 g/mol. The number of carbonyl (C=O) groups is 2. The van der Waals surface area contributed by atoms with E-state index in [2.05, 4.69) is 6.92 Å². The fraction of sp³-hybridized carbons (Fsp3) is 0.556. The van der Waals surface area contributed by atoms with Gasteiger partial charge in [-0.3, -0.25) is 9.69 Å². The minimum absolute atomic E-state index is 0.0162. The van der Waals surface area contributed by atoms with E-state index in [1.165, 1.54) is 10.5 Å². The Balaban J connectivity index is 1.53. The minimum atomic E-state index is -0.898. The summed E-state index contributed by atoms with van der Waals surface area (Å²) in [7, 11) is 0. The number of hydrogen-bond acceptors (Lipinski definition) is 4. The van der Waals surface area contributed by atoms with E-state index in [-0.39, 0.29) is 31.1 Å². The highest BCUT2D eigenvalue weighted by molar-refractivity contribution is 6.04. The Morgan fingerprint density at radius 2 is 2.00 bits per heavy atom. The molecule has 2 saturated heterocycles. The molecule has 0 aromatic heterocycles. The average molecular weight is 332 g/mol. The van der Waals surface area contributed by atoms with Gasteiger partial charge in [0.2, 0.25) is 0 Å². The molecule has 1 aromatic rings. The van der Waals surface area contributed by atoms with E-state index in [1.54, 1.807) is 4.90 Å². The predicted molar refractivity (Wildman–Crippen MR) is 88.8 cm³/mol. The number of carbonyl (C=O) groups excluding carboxylic acids is 2. The topological polar surface area (TPSA) is 70.1 Å². The molecular formula is C18H24N2O4. The van der Waals surface area contributed by atoms with E-state index in [0.717, 1.165) is 25.7 Å². The molecule has 2 aliphatic heterocycles. The van der Waals surface area contributed by atoms with Crippen molar-refractivity contribution in [3.8, 4) is 5.75 Å². The normalized spacial score (nSPS) is 21.8. The van der Waals surface area contributed by atoms with Crippen LogP contribution in [0.4, 0.5) is 4.79 Å². The van der Waals surface area contributed by atoms with Crippen LogP contribution in [-0.2, 0) is 11.2 Å². The number of imide groups is 1. The van der Waals surface area contributed by atoms with Gasteiger partial charge in [0.15, 0.2) is 0 Å². The van der Waals surface area contributed by atoms with Crippen molar-refractivity contribution in [3.63, 3.8) is 0 Å². The summed E-state index contributed by atoms with van der Waals surface area (Å²) in [5, 5.41) is 10.2. The second-order valence-electron chi connectivity index (χ2n) is 6.40. The predicted octanol–water partition coefficient (Wildman–Crippen LogP) is 1.81. The van der Waals surface area contributed by atoms with Crippen LogP contribution in [0.1, 0.15) is 31.7 Å². The van der Waals surface area contributed by atoms with Gasteiger partial charge < -0.3 is 14.7 Å². The molecule has 0 spiro atoms. The molecule has 1 aromatic carbocycles. The number of amides is 3. The lowest BCUT2D eigenvalue weighted by Gasteiger charge is -2.26. The number of benzene rings is 1. The van der Waals surface area contributed by atoms with Crippen molar-refractivity contribution in [1.82, 2.24) is 9.80 Å². The van der Waals surface area contributed by atoms with Crippen molar-refractivity contribution in [2.45, 2.75) is 44.8 Å². The van der Waals surface area contributed by atoms with Crippen molar-refractivity contribution in [2.24, 2.45) is 0 Å². The Morgan fingerprint density at radius 3 is 2.67 bits per heavy atom. The Morgan fingerprint density at radius 1 is 1.25 bits per heavy atom. The number of rotatable bonds is 6. The lowest BCUT2D eigenvalue weighted by atomic mass is 10.0. The van der Waals surface area contributed by atoms with Gasteiger partial charge in [-0.2, -0.15) is 0 Å². The third kappa shape index (κ3) is 3.38. The summed E-state index contributed by atoms with van der Waals surface area (Å²) < 4.78 is 5.55. The van der Waals surface area contributed by atoms with Crippen LogP contribution < -0.4 is 4.74 Å². The monoisotopic (exact) mass is 332 g/mol. The third-order valence-electron chi connectivity index (χ3n) is 4.70. The van der Waals surface area contributed by atoms with E-state index in [1.807, 2.05) is 24.3 Å². The van der Waals surface area contributed by atoms with Crippen LogP contribution in [0.15, 0.2) is 24.3 Å². The van der Waals surface area contributed by atoms with Gasteiger partial charge in [0.1, 0.15) is 24.5 Å². The molecule has 130 valence electrons. The molecule has 0 radical (unpaired) electrons. The maximum Gasteiger partial charge on any atom is 0.327 e. The van der Waals surface area contributed by atoms with Gasteiger partial charge in [-0.15, -0.1) is 0 Å². The smallest absolute Gasteiger partial charge is 0.327 e. The van der Waals surface area contributed by atoms with Crippen LogP contribution >= 0.6 is 0 Å². The van der Waals surface area contributed by atoms with Crippen LogP contribution in [0.5, 0.6) is 5.75 Å². The Kier molecular flexibility index (Phi) is 5.04. The van der Waals surface area contributed by atoms with Gasteiger partial charge in [0, 0.05) is 6.54 Å². The zero-order chi connectivity index (χ0) is 17.1. The van der Waals surface area contributed by atoms with Crippen LogP contribution in [0.2, 0.25) is 0 Å². The fourth-order valence-electron chi connectivity index (χ4n) is 3.29. The van der Waals surface area contributed by atoms with Crippen molar-refractivity contribution in [3.05, 3.63) is 29.8 Å². The van der Waals surface area contributed by atoms with Crippen molar-refractivity contribution in [1.29, 1.82) is 0 Å². The summed E-state index contributed by atoms with van der Waals surface area (Å²) >= 11 is 0. The summed E-state index contributed by atoms with van der Waals surface area (Å²) in [6.45, 7) is 2.74. The van der Waals surface area contributed by atoms with E-state index >= 15 is 0 Å². The number of aliphatic hydroxyl groups is 1. The van der Waals surface area contributed by atoms with Gasteiger partial charge >= 0.3 is 6.03 Å². The highest BCUT2D eigenvalue weighted by atomic mass is 16.5. The van der Waals surface area contributed by atoms with Gasteiger partial charge in [0.05, 0.1) is 6.54 Å². The molecule has 2 unspecified atom stereocenters. The maximum absolute atomic E-state index is 12.3. The SMILES string of the molecule is CCc1ccc(OCC(O)CN2C(=O)C3CCCCN3C2=O)cc1. The first kappa shape index (κ1) is 16.8. The number of piperidine rings is 1. The number of hydrogen-bond donors (Lipinski definition) is 1. The summed E-state index contributed by atoms with van der Waals surface area (Å²) in [4.78, 5) is 27.5. The van der Waals surface area contributed by atoms with Crippen LogP contribution in [0, 0.1) is 0 Å². The largest absolute Gasteiger partial charge is 0.491 e. The highest BCUT2D eigenvalue weighted by Gasteiger charge is 2.46. The van der Waals surface area contributed by atoms with Crippen molar-refractivity contribution >= 4 is 11.9 Å². The molecule has 6 heteroatoms. The molecule has 24 heavy (non-hydrogen) atoms. The first-order chi connectivity index (χ1) is 11.6. The summed E-state index contributed by atoms with van der Waals surface area (Å²) in [6, 6.07) is 7.06. The van der Waals surface area contributed by atoms with Gasteiger partial charge in [-0.1, -0.05) is 19.1 Å². The Labute approximate surface area is 142 Å². The van der Waals surface area contributed by atoms with Crippen molar-refractivity contribution < 1.29 is 19.4 Å². The van der Waals surface area contributed by atoms with E-state index in [4.69, 9.17) is 4.74 Å². The first-order valence-electron chi connectivity index (χ1n) is 8.62. The standard InChI is InChI=1S/C18H24N2O4/c1-2-13-6-8-15(9-7-13)24-12-14(21)11-20-17(22)16-5-3-4-10-19(16)18(20)23/h6-9,14,16,21H,2-5,10-12H2,1H3.